The number of anilines is 1. The van der Waals surface area contributed by atoms with Crippen molar-refractivity contribution in [2.24, 2.45) is 5.92 Å². The zero-order valence-corrected chi connectivity index (χ0v) is 15.4. The van der Waals surface area contributed by atoms with Crippen molar-refractivity contribution < 1.29 is 9.59 Å². The highest BCUT2D eigenvalue weighted by molar-refractivity contribution is 5.93. The van der Waals surface area contributed by atoms with Crippen LogP contribution in [0.3, 0.4) is 0 Å². The molecule has 2 amide bonds. The lowest BCUT2D eigenvalue weighted by molar-refractivity contribution is -0.126. The Labute approximate surface area is 154 Å². The number of aromatic nitrogens is 2. The molecular formula is C19H27N5O2. The Morgan fingerprint density at radius 2 is 1.85 bits per heavy atom. The highest BCUT2D eigenvalue weighted by atomic mass is 16.2. The fourth-order valence-corrected chi connectivity index (χ4v) is 3.81. The molecule has 0 aromatic carbocycles. The smallest absolute Gasteiger partial charge is 0.272 e. The number of carbonyl (C=O) groups excluding carboxylic acids is 2. The van der Waals surface area contributed by atoms with Crippen molar-refractivity contribution in [1.82, 2.24) is 20.2 Å². The van der Waals surface area contributed by atoms with Crippen LogP contribution in [-0.2, 0) is 4.79 Å². The van der Waals surface area contributed by atoms with Gasteiger partial charge in [-0.3, -0.25) is 9.59 Å². The Kier molecular flexibility index (Phi) is 4.78. The van der Waals surface area contributed by atoms with Gasteiger partial charge in [-0.15, -0.1) is 0 Å². The van der Waals surface area contributed by atoms with Crippen LogP contribution in [0.4, 0.5) is 5.95 Å². The van der Waals surface area contributed by atoms with Crippen molar-refractivity contribution in [2.75, 3.05) is 31.1 Å². The lowest BCUT2D eigenvalue weighted by atomic mass is 9.96. The van der Waals surface area contributed by atoms with E-state index in [1.807, 2.05) is 6.92 Å². The molecule has 7 heteroatoms. The lowest BCUT2D eigenvalue weighted by Gasteiger charge is -2.32. The molecule has 0 unspecified atom stereocenters. The SMILES string of the molecule is Cc1cc(C(=O)N2CCC[C@@H](C(=O)NC3CC3)C2)nc(N2CCCC2)n1. The number of amides is 2. The lowest BCUT2D eigenvalue weighted by Crippen LogP contribution is -2.46. The van der Waals surface area contributed by atoms with E-state index in [2.05, 4.69) is 20.2 Å². The Morgan fingerprint density at radius 1 is 1.08 bits per heavy atom. The van der Waals surface area contributed by atoms with Crippen molar-refractivity contribution in [3.05, 3.63) is 17.5 Å². The number of likely N-dealkylation sites (tertiary alicyclic amines) is 1. The largest absolute Gasteiger partial charge is 0.353 e. The van der Waals surface area contributed by atoms with Crippen molar-refractivity contribution >= 4 is 17.8 Å². The molecule has 2 aliphatic heterocycles. The maximum absolute atomic E-state index is 13.0. The zero-order chi connectivity index (χ0) is 18.1. The number of rotatable bonds is 4. The van der Waals surface area contributed by atoms with Crippen LogP contribution in [0.5, 0.6) is 0 Å². The average molecular weight is 357 g/mol. The normalized spacial score (nSPS) is 23.2. The predicted molar refractivity (Wildman–Crippen MR) is 98.0 cm³/mol. The second-order valence-corrected chi connectivity index (χ2v) is 7.76. The maximum Gasteiger partial charge on any atom is 0.272 e. The Hall–Kier alpha value is -2.18. The van der Waals surface area contributed by atoms with Crippen molar-refractivity contribution in [1.29, 1.82) is 0 Å². The van der Waals surface area contributed by atoms with Gasteiger partial charge in [-0.05, 0) is 51.5 Å². The van der Waals surface area contributed by atoms with Crippen LogP contribution in [0, 0.1) is 12.8 Å². The van der Waals surface area contributed by atoms with Gasteiger partial charge in [0.2, 0.25) is 11.9 Å². The van der Waals surface area contributed by atoms with Gasteiger partial charge in [-0.2, -0.15) is 0 Å². The minimum Gasteiger partial charge on any atom is -0.353 e. The van der Waals surface area contributed by atoms with Gasteiger partial charge in [-0.25, -0.2) is 9.97 Å². The first-order valence-corrected chi connectivity index (χ1v) is 9.80. The van der Waals surface area contributed by atoms with E-state index < -0.39 is 0 Å². The third kappa shape index (κ3) is 3.81. The van der Waals surface area contributed by atoms with E-state index in [0.717, 1.165) is 57.3 Å². The molecule has 3 aliphatic rings. The average Bonchev–Trinajstić information content (AvgIpc) is 3.29. The molecule has 1 saturated carbocycles. The molecule has 1 aromatic rings. The first-order chi connectivity index (χ1) is 12.6. The van der Waals surface area contributed by atoms with Crippen LogP contribution in [0.1, 0.15) is 54.7 Å². The maximum atomic E-state index is 13.0. The first-order valence-electron chi connectivity index (χ1n) is 9.80. The number of piperidine rings is 1. The summed E-state index contributed by atoms with van der Waals surface area (Å²) in [5.74, 6) is 0.571. The molecule has 1 aromatic heterocycles. The van der Waals surface area contributed by atoms with Crippen LogP contribution in [-0.4, -0.2) is 58.9 Å². The molecule has 140 valence electrons. The van der Waals surface area contributed by atoms with Crippen LogP contribution in [0.25, 0.3) is 0 Å². The molecule has 1 aliphatic carbocycles. The summed E-state index contributed by atoms with van der Waals surface area (Å²) in [7, 11) is 0. The number of carbonyl (C=O) groups is 2. The third-order valence-corrected chi connectivity index (χ3v) is 5.45. The van der Waals surface area contributed by atoms with Crippen molar-refractivity contribution in [3.8, 4) is 0 Å². The molecular weight excluding hydrogens is 330 g/mol. The molecule has 1 atom stereocenters. The van der Waals surface area contributed by atoms with Gasteiger partial charge < -0.3 is 15.1 Å². The van der Waals surface area contributed by atoms with Crippen LogP contribution >= 0.6 is 0 Å². The van der Waals surface area contributed by atoms with Crippen LogP contribution < -0.4 is 10.2 Å². The summed E-state index contributed by atoms with van der Waals surface area (Å²) < 4.78 is 0. The zero-order valence-electron chi connectivity index (χ0n) is 15.4. The molecule has 0 radical (unpaired) electrons. The van der Waals surface area contributed by atoms with Crippen molar-refractivity contribution in [3.63, 3.8) is 0 Å². The van der Waals surface area contributed by atoms with Crippen LogP contribution in [0.15, 0.2) is 6.07 Å². The molecule has 26 heavy (non-hydrogen) atoms. The van der Waals surface area contributed by atoms with Gasteiger partial charge >= 0.3 is 0 Å². The minimum atomic E-state index is -0.103. The summed E-state index contributed by atoms with van der Waals surface area (Å²) in [6, 6.07) is 2.12. The van der Waals surface area contributed by atoms with Gasteiger partial charge in [0.15, 0.2) is 0 Å². The summed E-state index contributed by atoms with van der Waals surface area (Å²) in [4.78, 5) is 38.3. The molecule has 0 spiro atoms. The van der Waals surface area contributed by atoms with Gasteiger partial charge in [0, 0.05) is 37.9 Å². The molecule has 3 heterocycles. The Bertz CT molecular complexity index is 697. The molecule has 0 bridgehead atoms. The van der Waals surface area contributed by atoms with Crippen molar-refractivity contribution in [2.45, 2.75) is 51.5 Å². The fraction of sp³-hybridized carbons (Fsp3) is 0.684. The predicted octanol–water partition coefficient (Wildman–Crippen LogP) is 1.52. The number of hydrogen-bond donors (Lipinski definition) is 1. The second kappa shape index (κ2) is 7.21. The molecule has 1 N–H and O–H groups in total. The van der Waals surface area contributed by atoms with E-state index in [-0.39, 0.29) is 17.7 Å². The van der Waals surface area contributed by atoms with Crippen LogP contribution in [0.2, 0.25) is 0 Å². The van der Waals surface area contributed by atoms with E-state index in [1.54, 1.807) is 11.0 Å². The monoisotopic (exact) mass is 357 g/mol. The summed E-state index contributed by atoms with van der Waals surface area (Å²) >= 11 is 0. The molecule has 4 rings (SSSR count). The molecule has 7 nitrogen and oxygen atoms in total. The quantitative estimate of drug-likeness (QED) is 0.884. The van der Waals surface area contributed by atoms with Gasteiger partial charge in [0.05, 0.1) is 5.92 Å². The van der Waals surface area contributed by atoms with Gasteiger partial charge in [-0.1, -0.05) is 0 Å². The van der Waals surface area contributed by atoms with E-state index in [4.69, 9.17) is 0 Å². The minimum absolute atomic E-state index is 0.0835. The van der Waals surface area contributed by atoms with E-state index >= 15 is 0 Å². The summed E-state index contributed by atoms with van der Waals surface area (Å²) in [6.45, 7) is 4.97. The number of hydrogen-bond acceptors (Lipinski definition) is 5. The van der Waals surface area contributed by atoms with E-state index in [1.165, 1.54) is 0 Å². The highest BCUT2D eigenvalue weighted by Gasteiger charge is 2.32. The highest BCUT2D eigenvalue weighted by Crippen LogP contribution is 2.23. The third-order valence-electron chi connectivity index (χ3n) is 5.45. The Morgan fingerprint density at radius 3 is 2.58 bits per heavy atom. The standard InChI is InChI=1S/C19H27N5O2/c1-13-11-16(22-19(20-13)23-8-2-3-9-23)18(26)24-10-4-5-14(12-24)17(25)21-15-6-7-15/h11,14-15H,2-10,12H2,1H3,(H,21,25)/t14-/m1/s1. The summed E-state index contributed by atoms with van der Waals surface area (Å²) in [5, 5.41) is 3.07. The Balaban J connectivity index is 1.46. The number of nitrogens with zero attached hydrogens (tertiary/aromatic N) is 4. The summed E-state index contributed by atoms with van der Waals surface area (Å²) in [6.07, 6.45) is 6.16. The number of nitrogens with one attached hydrogen (secondary N) is 1. The fourth-order valence-electron chi connectivity index (χ4n) is 3.81. The number of aryl methyl sites for hydroxylation is 1. The van der Waals surface area contributed by atoms with Gasteiger partial charge in [0.1, 0.15) is 5.69 Å². The van der Waals surface area contributed by atoms with E-state index in [0.29, 0.717) is 30.8 Å². The summed E-state index contributed by atoms with van der Waals surface area (Å²) in [5.41, 5.74) is 1.26. The molecule has 2 saturated heterocycles. The first kappa shape index (κ1) is 17.2. The van der Waals surface area contributed by atoms with Gasteiger partial charge in [0.25, 0.3) is 5.91 Å². The van der Waals surface area contributed by atoms with E-state index in [9.17, 15) is 9.59 Å². The molecule has 3 fully saturated rings. The topological polar surface area (TPSA) is 78.4 Å². The second-order valence-electron chi connectivity index (χ2n) is 7.76.